The van der Waals surface area contributed by atoms with E-state index in [1.54, 1.807) is 7.11 Å². The van der Waals surface area contributed by atoms with Gasteiger partial charge in [-0.1, -0.05) is 6.92 Å². The summed E-state index contributed by atoms with van der Waals surface area (Å²) in [5.41, 5.74) is 0.705. The lowest BCUT2D eigenvalue weighted by Crippen LogP contribution is -2.57. The summed E-state index contributed by atoms with van der Waals surface area (Å²) in [4.78, 5) is 16.4. The highest BCUT2D eigenvalue weighted by Gasteiger charge is 2.38. The molecule has 0 atom stereocenters. The molecule has 0 radical (unpaired) electrons. The van der Waals surface area contributed by atoms with E-state index in [1.807, 2.05) is 6.92 Å². The molecule has 0 bridgehead atoms. The van der Waals surface area contributed by atoms with Crippen molar-refractivity contribution in [2.45, 2.75) is 45.1 Å². The number of anilines is 1. The van der Waals surface area contributed by atoms with Crippen molar-refractivity contribution in [2.75, 3.05) is 19.0 Å². The minimum absolute atomic E-state index is 0.161. The van der Waals surface area contributed by atoms with Crippen LogP contribution in [0.2, 0.25) is 0 Å². The lowest BCUT2D eigenvalue weighted by atomic mass is 9.77. The summed E-state index contributed by atoms with van der Waals surface area (Å²) in [5.74, 6) is 0. The predicted molar refractivity (Wildman–Crippen MR) is 76.8 cm³/mol. The average molecular weight is 283 g/mol. The fourth-order valence-corrected chi connectivity index (χ4v) is 3.18. The number of rotatable bonds is 5. The molecule has 106 valence electrons. The Morgan fingerprint density at radius 3 is 2.74 bits per heavy atom. The van der Waals surface area contributed by atoms with Gasteiger partial charge in [0.25, 0.3) is 0 Å². The second-order valence-electron chi connectivity index (χ2n) is 5.02. The maximum Gasteiger partial charge on any atom is 0.320 e. The van der Waals surface area contributed by atoms with E-state index in [0.717, 1.165) is 41.4 Å². The Labute approximate surface area is 117 Å². The third kappa shape index (κ3) is 3.25. The van der Waals surface area contributed by atoms with Gasteiger partial charge in [0.1, 0.15) is 5.00 Å². The molecular formula is C13H21N3O2S. The van der Waals surface area contributed by atoms with E-state index in [9.17, 15) is 4.79 Å². The van der Waals surface area contributed by atoms with Crippen molar-refractivity contribution in [3.8, 4) is 0 Å². The Morgan fingerprint density at radius 1 is 1.53 bits per heavy atom. The normalized spacial score (nSPS) is 16.8. The Morgan fingerprint density at radius 2 is 2.26 bits per heavy atom. The number of nitrogens with zero attached hydrogens (tertiary/aromatic N) is 1. The molecule has 0 aliphatic heterocycles. The van der Waals surface area contributed by atoms with Crippen molar-refractivity contribution in [3.05, 3.63) is 10.7 Å². The third-order valence-electron chi connectivity index (χ3n) is 3.48. The number of carbonyl (C=O) groups excluding carboxylic acids is 1. The average Bonchev–Trinajstić information content (AvgIpc) is 2.67. The molecule has 0 spiro atoms. The van der Waals surface area contributed by atoms with Gasteiger partial charge in [0, 0.05) is 7.11 Å². The number of methoxy groups -OCH3 is 1. The number of ether oxygens (including phenoxy) is 1. The summed E-state index contributed by atoms with van der Waals surface area (Å²) in [6.07, 6.45) is 4.00. The SMILES string of the molecule is CCc1nc(C)c(NC(=O)NC2(COC)CCC2)s1. The topological polar surface area (TPSA) is 63.2 Å². The van der Waals surface area contributed by atoms with Crippen molar-refractivity contribution in [2.24, 2.45) is 0 Å². The van der Waals surface area contributed by atoms with Crippen LogP contribution >= 0.6 is 11.3 Å². The van der Waals surface area contributed by atoms with Crippen molar-refractivity contribution < 1.29 is 9.53 Å². The zero-order valence-corrected chi connectivity index (χ0v) is 12.5. The summed E-state index contributed by atoms with van der Waals surface area (Å²) >= 11 is 1.54. The first kappa shape index (κ1) is 14.3. The lowest BCUT2D eigenvalue weighted by molar-refractivity contribution is 0.0648. The molecule has 2 amide bonds. The van der Waals surface area contributed by atoms with Gasteiger partial charge in [-0.15, -0.1) is 11.3 Å². The highest BCUT2D eigenvalue weighted by molar-refractivity contribution is 7.16. The molecule has 2 N–H and O–H groups in total. The molecule has 1 aromatic heterocycles. The monoisotopic (exact) mass is 283 g/mol. The quantitative estimate of drug-likeness (QED) is 0.873. The van der Waals surface area contributed by atoms with Gasteiger partial charge in [-0.05, 0) is 32.6 Å². The van der Waals surface area contributed by atoms with E-state index in [2.05, 4.69) is 22.5 Å². The molecular weight excluding hydrogens is 262 g/mol. The number of urea groups is 1. The highest BCUT2D eigenvalue weighted by atomic mass is 32.1. The molecule has 19 heavy (non-hydrogen) atoms. The maximum absolute atomic E-state index is 12.0. The first-order chi connectivity index (χ1) is 9.08. The summed E-state index contributed by atoms with van der Waals surface area (Å²) in [6.45, 7) is 4.55. The van der Waals surface area contributed by atoms with E-state index in [-0.39, 0.29) is 11.6 Å². The summed E-state index contributed by atoms with van der Waals surface area (Å²) < 4.78 is 5.19. The molecule has 1 aliphatic rings. The number of thiazole rings is 1. The minimum atomic E-state index is -0.176. The Balaban J connectivity index is 1.95. The van der Waals surface area contributed by atoms with Crippen LogP contribution in [0.15, 0.2) is 0 Å². The van der Waals surface area contributed by atoms with Crippen LogP contribution in [0.4, 0.5) is 9.80 Å². The molecule has 2 rings (SSSR count). The summed E-state index contributed by atoms with van der Waals surface area (Å²) in [6, 6.07) is -0.161. The van der Waals surface area contributed by atoms with Crippen LogP contribution < -0.4 is 10.6 Å². The molecule has 0 saturated heterocycles. The smallest absolute Gasteiger partial charge is 0.320 e. The van der Waals surface area contributed by atoms with Gasteiger partial charge >= 0.3 is 6.03 Å². The fraction of sp³-hybridized carbons (Fsp3) is 0.692. The largest absolute Gasteiger partial charge is 0.382 e. The molecule has 1 aliphatic carbocycles. The second kappa shape index (κ2) is 5.88. The van der Waals surface area contributed by atoms with Crippen LogP contribution in [0, 0.1) is 6.92 Å². The first-order valence-corrected chi connectivity index (χ1v) is 7.44. The Hall–Kier alpha value is -1.14. The van der Waals surface area contributed by atoms with Gasteiger partial charge in [-0.3, -0.25) is 5.32 Å². The summed E-state index contributed by atoms with van der Waals surface area (Å²) in [7, 11) is 1.67. The first-order valence-electron chi connectivity index (χ1n) is 6.63. The van der Waals surface area contributed by atoms with Gasteiger partial charge in [-0.2, -0.15) is 0 Å². The van der Waals surface area contributed by atoms with E-state index in [0.29, 0.717) is 6.61 Å². The van der Waals surface area contributed by atoms with E-state index in [1.165, 1.54) is 11.3 Å². The van der Waals surface area contributed by atoms with Crippen molar-refractivity contribution in [3.63, 3.8) is 0 Å². The van der Waals surface area contributed by atoms with Crippen LogP contribution in [-0.2, 0) is 11.2 Å². The van der Waals surface area contributed by atoms with Gasteiger partial charge in [0.2, 0.25) is 0 Å². The van der Waals surface area contributed by atoms with E-state index >= 15 is 0 Å². The summed E-state index contributed by atoms with van der Waals surface area (Å²) in [5, 5.41) is 7.81. The number of hydrogen-bond acceptors (Lipinski definition) is 4. The standard InChI is InChI=1S/C13H21N3O2S/c1-4-10-14-9(2)11(19-10)15-12(17)16-13(8-18-3)6-5-7-13/h4-8H2,1-3H3,(H2,15,16,17). The molecule has 0 aromatic carbocycles. The highest BCUT2D eigenvalue weighted by Crippen LogP contribution is 2.32. The number of aromatic nitrogens is 1. The third-order valence-corrected chi connectivity index (χ3v) is 4.70. The van der Waals surface area contributed by atoms with Crippen molar-refractivity contribution in [1.29, 1.82) is 0 Å². The molecule has 1 aromatic rings. The molecule has 0 unspecified atom stereocenters. The second-order valence-corrected chi connectivity index (χ2v) is 6.11. The van der Waals surface area contributed by atoms with Crippen molar-refractivity contribution >= 4 is 22.4 Å². The Kier molecular flexibility index (Phi) is 4.42. The number of aryl methyl sites for hydroxylation is 2. The van der Waals surface area contributed by atoms with E-state index < -0.39 is 0 Å². The number of carbonyl (C=O) groups is 1. The van der Waals surface area contributed by atoms with Crippen LogP contribution in [0.5, 0.6) is 0 Å². The zero-order chi connectivity index (χ0) is 13.9. The lowest BCUT2D eigenvalue weighted by Gasteiger charge is -2.41. The number of nitrogens with one attached hydrogen (secondary N) is 2. The van der Waals surface area contributed by atoms with Gasteiger partial charge in [0.15, 0.2) is 0 Å². The molecule has 1 heterocycles. The van der Waals surface area contributed by atoms with Crippen LogP contribution in [0.1, 0.15) is 36.9 Å². The molecule has 1 fully saturated rings. The van der Waals surface area contributed by atoms with Gasteiger partial charge < -0.3 is 10.1 Å². The van der Waals surface area contributed by atoms with Gasteiger partial charge in [0.05, 0.1) is 22.8 Å². The van der Waals surface area contributed by atoms with Crippen molar-refractivity contribution in [1.82, 2.24) is 10.3 Å². The predicted octanol–water partition coefficient (Wildman–Crippen LogP) is 2.70. The molecule has 5 nitrogen and oxygen atoms in total. The molecule has 1 saturated carbocycles. The van der Waals surface area contributed by atoms with Crippen LogP contribution in [-0.4, -0.2) is 30.3 Å². The Bertz CT molecular complexity index is 455. The number of amides is 2. The maximum atomic E-state index is 12.0. The zero-order valence-electron chi connectivity index (χ0n) is 11.7. The van der Waals surface area contributed by atoms with Gasteiger partial charge in [-0.25, -0.2) is 9.78 Å². The van der Waals surface area contributed by atoms with Crippen LogP contribution in [0.25, 0.3) is 0 Å². The van der Waals surface area contributed by atoms with E-state index in [4.69, 9.17) is 4.74 Å². The number of hydrogen-bond donors (Lipinski definition) is 2. The van der Waals surface area contributed by atoms with Crippen LogP contribution in [0.3, 0.4) is 0 Å². The fourth-order valence-electron chi connectivity index (χ4n) is 2.28. The molecule has 6 heteroatoms. The minimum Gasteiger partial charge on any atom is -0.382 e.